The van der Waals surface area contributed by atoms with Crippen LogP contribution >= 0.6 is 11.6 Å². The van der Waals surface area contributed by atoms with E-state index in [0.717, 1.165) is 12.8 Å². The van der Waals surface area contributed by atoms with Gasteiger partial charge in [-0.1, -0.05) is 0 Å². The third-order valence-electron chi connectivity index (χ3n) is 1.32. The molecule has 0 bridgehead atoms. The third-order valence-corrected chi connectivity index (χ3v) is 1.96. The monoisotopic (exact) mass is 118 g/mol. The maximum atomic E-state index is 10.4. The van der Waals surface area contributed by atoms with Crippen molar-refractivity contribution in [2.24, 2.45) is 0 Å². The summed E-state index contributed by atoms with van der Waals surface area (Å²) < 4.78 is 0. The van der Waals surface area contributed by atoms with E-state index in [1.807, 2.05) is 0 Å². The van der Waals surface area contributed by atoms with E-state index in [-0.39, 0.29) is 5.78 Å². The fraction of sp³-hybridized carbons (Fsp3) is 0.800. The van der Waals surface area contributed by atoms with Gasteiger partial charge in [-0.25, -0.2) is 0 Å². The molecule has 1 nitrogen and oxygen atoms in total. The first kappa shape index (κ1) is 5.10. The lowest BCUT2D eigenvalue weighted by atomic mass is 10.3. The first-order chi connectivity index (χ1) is 3.15. The first-order valence-electron chi connectivity index (χ1n) is 2.35. The highest BCUT2D eigenvalue weighted by atomic mass is 35.5. The van der Waals surface area contributed by atoms with Gasteiger partial charge in [-0.2, -0.15) is 0 Å². The summed E-state index contributed by atoms with van der Waals surface area (Å²) in [6.07, 6.45) is 1.76. The largest absolute Gasteiger partial charge is 0.298 e. The second-order valence-electron chi connectivity index (χ2n) is 2.02. The topological polar surface area (TPSA) is 17.1 Å². The van der Waals surface area contributed by atoms with Crippen molar-refractivity contribution in [1.29, 1.82) is 0 Å². The van der Waals surface area contributed by atoms with Gasteiger partial charge in [0, 0.05) is 0 Å². The molecule has 1 fully saturated rings. The SMILES string of the molecule is CC(=O)C1(Cl)CC1. The summed E-state index contributed by atoms with van der Waals surface area (Å²) in [5.41, 5.74) is 0. The summed E-state index contributed by atoms with van der Waals surface area (Å²) in [7, 11) is 0. The molecular weight excluding hydrogens is 112 g/mol. The molecule has 2 heteroatoms. The van der Waals surface area contributed by atoms with Crippen molar-refractivity contribution in [3.05, 3.63) is 0 Å². The van der Waals surface area contributed by atoms with Crippen LogP contribution in [0.15, 0.2) is 0 Å². The molecule has 0 atom stereocenters. The molecule has 0 aromatic rings. The predicted molar refractivity (Wildman–Crippen MR) is 28.5 cm³/mol. The van der Waals surface area contributed by atoms with E-state index >= 15 is 0 Å². The Morgan fingerprint density at radius 2 is 2.14 bits per heavy atom. The normalized spacial score (nSPS) is 24.3. The maximum absolute atomic E-state index is 10.4. The molecule has 40 valence electrons. The van der Waals surface area contributed by atoms with Crippen LogP contribution in [0.3, 0.4) is 0 Å². The van der Waals surface area contributed by atoms with E-state index in [1.165, 1.54) is 0 Å². The molecule has 1 aliphatic carbocycles. The summed E-state index contributed by atoms with van der Waals surface area (Å²) in [6, 6.07) is 0. The van der Waals surface area contributed by atoms with Gasteiger partial charge >= 0.3 is 0 Å². The van der Waals surface area contributed by atoms with Crippen molar-refractivity contribution >= 4 is 17.4 Å². The molecule has 0 saturated heterocycles. The minimum Gasteiger partial charge on any atom is -0.298 e. The Hall–Kier alpha value is -0.0400. The quantitative estimate of drug-likeness (QED) is 0.475. The third kappa shape index (κ3) is 0.778. The number of Topliss-reactive ketones (excluding diaryl/α,β-unsaturated/α-hetero) is 1. The Labute approximate surface area is 47.7 Å². The zero-order valence-electron chi connectivity index (χ0n) is 4.20. The van der Waals surface area contributed by atoms with Crippen molar-refractivity contribution in [3.8, 4) is 0 Å². The average Bonchev–Trinajstić information content (AvgIpc) is 2.21. The van der Waals surface area contributed by atoms with Crippen molar-refractivity contribution in [1.82, 2.24) is 0 Å². The summed E-state index contributed by atoms with van der Waals surface area (Å²) in [5, 5.41) is 0. The molecule has 0 aromatic carbocycles. The lowest BCUT2D eigenvalue weighted by Crippen LogP contribution is -2.09. The van der Waals surface area contributed by atoms with Gasteiger partial charge in [-0.3, -0.25) is 4.79 Å². The van der Waals surface area contributed by atoms with Gasteiger partial charge in [0.1, 0.15) is 4.87 Å². The highest BCUT2D eigenvalue weighted by molar-refractivity contribution is 6.37. The van der Waals surface area contributed by atoms with Crippen LogP contribution < -0.4 is 0 Å². The van der Waals surface area contributed by atoms with E-state index in [4.69, 9.17) is 11.6 Å². The van der Waals surface area contributed by atoms with Crippen LogP contribution in [-0.2, 0) is 4.79 Å². The van der Waals surface area contributed by atoms with E-state index in [2.05, 4.69) is 0 Å². The fourth-order valence-corrected chi connectivity index (χ4v) is 0.556. The summed E-state index contributed by atoms with van der Waals surface area (Å²) in [4.78, 5) is 9.98. The van der Waals surface area contributed by atoms with Gasteiger partial charge in [0.2, 0.25) is 0 Å². The standard InChI is InChI=1S/C5H7ClO/c1-4(7)5(6)2-3-5/h2-3H2,1H3. The zero-order chi connectivity index (χ0) is 5.49. The summed E-state index contributed by atoms with van der Waals surface area (Å²) in [6.45, 7) is 1.54. The zero-order valence-corrected chi connectivity index (χ0v) is 4.96. The molecule has 7 heavy (non-hydrogen) atoms. The number of halogens is 1. The van der Waals surface area contributed by atoms with E-state index in [9.17, 15) is 4.79 Å². The summed E-state index contributed by atoms with van der Waals surface area (Å²) >= 11 is 5.63. The summed E-state index contributed by atoms with van der Waals surface area (Å²) in [5.74, 6) is 0.120. The van der Waals surface area contributed by atoms with E-state index in [1.54, 1.807) is 6.92 Å². The molecule has 0 aromatic heterocycles. The van der Waals surface area contributed by atoms with Crippen LogP contribution in [0.5, 0.6) is 0 Å². The molecule has 1 rings (SSSR count). The number of ketones is 1. The van der Waals surface area contributed by atoms with E-state index < -0.39 is 4.87 Å². The van der Waals surface area contributed by atoms with Crippen molar-refractivity contribution in [2.75, 3.05) is 0 Å². The molecule has 0 spiro atoms. The minimum absolute atomic E-state index is 0.120. The Balaban J connectivity index is 2.55. The maximum Gasteiger partial charge on any atom is 0.150 e. The van der Waals surface area contributed by atoms with E-state index in [0.29, 0.717) is 0 Å². The van der Waals surface area contributed by atoms with Crippen LogP contribution in [0.2, 0.25) is 0 Å². The molecular formula is C5H7ClO. The van der Waals surface area contributed by atoms with Crippen LogP contribution in [-0.4, -0.2) is 10.7 Å². The number of hydrogen-bond donors (Lipinski definition) is 0. The van der Waals surface area contributed by atoms with Crippen LogP contribution in [0, 0.1) is 0 Å². The van der Waals surface area contributed by atoms with Gasteiger partial charge in [0.25, 0.3) is 0 Å². The Morgan fingerprint density at radius 3 is 2.14 bits per heavy atom. The molecule has 0 N–H and O–H groups in total. The average molecular weight is 119 g/mol. The molecule has 0 heterocycles. The van der Waals surface area contributed by atoms with Gasteiger partial charge < -0.3 is 0 Å². The van der Waals surface area contributed by atoms with Gasteiger partial charge in [-0.15, -0.1) is 11.6 Å². The molecule has 1 aliphatic rings. The van der Waals surface area contributed by atoms with Crippen LogP contribution in [0.25, 0.3) is 0 Å². The molecule has 0 unspecified atom stereocenters. The van der Waals surface area contributed by atoms with Crippen LogP contribution in [0.1, 0.15) is 19.8 Å². The van der Waals surface area contributed by atoms with Gasteiger partial charge in [0.05, 0.1) is 0 Å². The molecule has 1 saturated carbocycles. The number of alkyl halides is 1. The first-order valence-corrected chi connectivity index (χ1v) is 2.73. The molecule has 0 aliphatic heterocycles. The lowest BCUT2D eigenvalue weighted by molar-refractivity contribution is -0.117. The van der Waals surface area contributed by atoms with Crippen LogP contribution in [0.4, 0.5) is 0 Å². The number of rotatable bonds is 1. The number of carbonyl (C=O) groups is 1. The Morgan fingerprint density at radius 1 is 1.71 bits per heavy atom. The minimum atomic E-state index is -0.417. The van der Waals surface area contributed by atoms with Crippen molar-refractivity contribution in [2.45, 2.75) is 24.6 Å². The molecule has 0 radical (unpaired) electrons. The Bertz CT molecular complexity index is 105. The number of hydrogen-bond acceptors (Lipinski definition) is 1. The highest BCUT2D eigenvalue weighted by Crippen LogP contribution is 2.42. The second kappa shape index (κ2) is 1.22. The Kier molecular flexibility index (Phi) is 0.890. The molecule has 0 amide bonds. The van der Waals surface area contributed by atoms with Crippen molar-refractivity contribution < 1.29 is 4.79 Å². The smallest absolute Gasteiger partial charge is 0.150 e. The van der Waals surface area contributed by atoms with Gasteiger partial charge in [0.15, 0.2) is 5.78 Å². The number of carbonyl (C=O) groups excluding carboxylic acids is 1. The van der Waals surface area contributed by atoms with Crippen molar-refractivity contribution in [3.63, 3.8) is 0 Å². The predicted octanol–water partition coefficient (Wildman–Crippen LogP) is 1.35. The fourth-order valence-electron chi connectivity index (χ4n) is 0.462. The highest BCUT2D eigenvalue weighted by Gasteiger charge is 2.45. The van der Waals surface area contributed by atoms with Gasteiger partial charge in [-0.05, 0) is 19.8 Å². The second-order valence-corrected chi connectivity index (χ2v) is 2.74. The lowest BCUT2D eigenvalue weighted by Gasteiger charge is -1.93.